The summed E-state index contributed by atoms with van der Waals surface area (Å²) in [6, 6.07) is 6.67. The summed E-state index contributed by atoms with van der Waals surface area (Å²) in [6.45, 7) is 8.68. The fraction of sp³-hybridized carbons (Fsp3) is 0.571. The summed E-state index contributed by atoms with van der Waals surface area (Å²) in [5, 5.41) is 3.47. The molecule has 0 aliphatic heterocycles. The first-order valence-corrected chi connectivity index (χ1v) is 8.03. The van der Waals surface area contributed by atoms with Crippen LogP contribution in [0.1, 0.15) is 32.8 Å². The summed E-state index contributed by atoms with van der Waals surface area (Å²) in [5.41, 5.74) is 1.34. The third kappa shape index (κ3) is 5.94. The van der Waals surface area contributed by atoms with Gasteiger partial charge < -0.3 is 5.32 Å². The van der Waals surface area contributed by atoms with Crippen LogP contribution in [-0.2, 0) is 6.54 Å². The van der Waals surface area contributed by atoms with Crippen molar-refractivity contribution in [3.05, 3.63) is 28.2 Å². The van der Waals surface area contributed by atoms with E-state index in [9.17, 15) is 0 Å². The van der Waals surface area contributed by atoms with Crippen LogP contribution in [0.25, 0.3) is 0 Å². The molecule has 17 heavy (non-hydrogen) atoms. The second-order valence-corrected chi connectivity index (χ2v) is 6.65. The zero-order valence-corrected chi connectivity index (χ0v) is 13.3. The minimum Gasteiger partial charge on any atom is -0.312 e. The van der Waals surface area contributed by atoms with Crippen LogP contribution in [0.5, 0.6) is 0 Å². The van der Waals surface area contributed by atoms with Crippen molar-refractivity contribution in [2.75, 3.05) is 12.3 Å². The normalized spacial score (nSPS) is 11.1. The number of benzene rings is 1. The third-order valence-corrected chi connectivity index (χ3v) is 4.30. The highest BCUT2D eigenvalue weighted by atomic mass is 79.9. The Labute approximate surface area is 118 Å². The van der Waals surface area contributed by atoms with Crippen molar-refractivity contribution in [2.24, 2.45) is 5.92 Å². The minimum absolute atomic E-state index is 0.702. The second kappa shape index (κ2) is 8.17. The van der Waals surface area contributed by atoms with E-state index in [0.29, 0.717) is 5.92 Å². The molecule has 1 aromatic rings. The van der Waals surface area contributed by atoms with E-state index in [1.807, 2.05) is 11.8 Å². The van der Waals surface area contributed by atoms with Gasteiger partial charge in [0.25, 0.3) is 0 Å². The van der Waals surface area contributed by atoms with Crippen LogP contribution in [0.15, 0.2) is 27.6 Å². The number of nitrogens with one attached hydrogen (secondary N) is 1. The molecule has 0 aliphatic rings. The number of thioether (sulfide) groups is 1. The highest BCUT2D eigenvalue weighted by molar-refractivity contribution is 9.10. The van der Waals surface area contributed by atoms with Crippen molar-refractivity contribution in [3.8, 4) is 0 Å². The molecule has 1 nitrogen and oxygen atoms in total. The predicted octanol–water partition coefficient (Wildman–Crippen LogP) is 4.70. The molecule has 0 aromatic heterocycles. The number of hydrogen-bond donors (Lipinski definition) is 1. The summed E-state index contributed by atoms with van der Waals surface area (Å²) in [7, 11) is 0. The van der Waals surface area contributed by atoms with Crippen molar-refractivity contribution in [1.29, 1.82) is 0 Å². The molecule has 0 bridgehead atoms. The first-order valence-electron chi connectivity index (χ1n) is 6.25. The minimum atomic E-state index is 0.702. The Kier molecular flexibility index (Phi) is 7.24. The monoisotopic (exact) mass is 315 g/mol. The highest BCUT2D eigenvalue weighted by Crippen LogP contribution is 2.25. The Balaban J connectivity index is 2.50. The topological polar surface area (TPSA) is 12.0 Å². The van der Waals surface area contributed by atoms with Gasteiger partial charge in [-0.15, -0.1) is 11.8 Å². The van der Waals surface area contributed by atoms with Gasteiger partial charge in [0, 0.05) is 15.9 Å². The fourth-order valence-electron chi connectivity index (χ4n) is 1.48. The molecule has 1 aromatic carbocycles. The summed E-state index contributed by atoms with van der Waals surface area (Å²) in [5.74, 6) is 1.89. The smallest absolute Gasteiger partial charge is 0.0231 e. The Morgan fingerprint density at radius 1 is 1.35 bits per heavy atom. The molecule has 0 atom stereocenters. The quantitative estimate of drug-likeness (QED) is 0.732. The van der Waals surface area contributed by atoms with E-state index in [2.05, 4.69) is 60.2 Å². The maximum atomic E-state index is 3.65. The lowest BCUT2D eigenvalue weighted by atomic mass is 10.2. The van der Waals surface area contributed by atoms with E-state index < -0.39 is 0 Å². The Hall–Kier alpha value is 0.01000. The van der Waals surface area contributed by atoms with Gasteiger partial charge in [0.1, 0.15) is 0 Å². The fourth-order valence-corrected chi connectivity index (χ4v) is 2.95. The van der Waals surface area contributed by atoms with Gasteiger partial charge in [0.2, 0.25) is 0 Å². The molecule has 0 spiro atoms. The molecule has 0 saturated heterocycles. The first kappa shape index (κ1) is 15.1. The molecule has 96 valence electrons. The highest BCUT2D eigenvalue weighted by Gasteiger charge is 2.02. The van der Waals surface area contributed by atoms with Crippen molar-refractivity contribution >= 4 is 27.7 Å². The van der Waals surface area contributed by atoms with Crippen LogP contribution in [0, 0.1) is 5.92 Å². The predicted molar refractivity (Wildman–Crippen MR) is 81.7 cm³/mol. The van der Waals surface area contributed by atoms with Gasteiger partial charge in [-0.05, 0) is 42.3 Å². The zero-order valence-electron chi connectivity index (χ0n) is 10.9. The maximum Gasteiger partial charge on any atom is 0.0231 e. The Bertz CT molecular complexity index is 339. The lowest BCUT2D eigenvalue weighted by Gasteiger charge is -2.10. The molecule has 0 heterocycles. The molecule has 1 N–H and O–H groups in total. The Morgan fingerprint density at radius 3 is 2.71 bits per heavy atom. The van der Waals surface area contributed by atoms with Crippen LogP contribution >= 0.6 is 27.7 Å². The van der Waals surface area contributed by atoms with Gasteiger partial charge in [-0.1, -0.05) is 42.8 Å². The lowest BCUT2D eigenvalue weighted by molar-refractivity contribution is 0.551. The van der Waals surface area contributed by atoms with E-state index in [4.69, 9.17) is 0 Å². The molecule has 0 fully saturated rings. The molecule has 0 saturated carbocycles. The van der Waals surface area contributed by atoms with E-state index in [-0.39, 0.29) is 0 Å². The maximum absolute atomic E-state index is 3.65. The third-order valence-electron chi connectivity index (χ3n) is 2.37. The van der Waals surface area contributed by atoms with Crippen LogP contribution in [-0.4, -0.2) is 12.3 Å². The van der Waals surface area contributed by atoms with Crippen molar-refractivity contribution in [2.45, 2.75) is 38.6 Å². The van der Waals surface area contributed by atoms with Gasteiger partial charge in [0.05, 0.1) is 0 Å². The first-order chi connectivity index (χ1) is 8.13. The Morgan fingerprint density at radius 2 is 2.12 bits per heavy atom. The van der Waals surface area contributed by atoms with Gasteiger partial charge in [-0.25, -0.2) is 0 Å². The average molecular weight is 316 g/mol. The van der Waals surface area contributed by atoms with E-state index in [1.54, 1.807) is 0 Å². The average Bonchev–Trinajstić information content (AvgIpc) is 2.28. The SMILES string of the molecule is CCCSc1ccc(CNCC(C)C)c(Br)c1. The van der Waals surface area contributed by atoms with Gasteiger partial charge in [0.15, 0.2) is 0 Å². The van der Waals surface area contributed by atoms with Crippen LogP contribution in [0.2, 0.25) is 0 Å². The largest absolute Gasteiger partial charge is 0.312 e. The number of halogens is 1. The van der Waals surface area contributed by atoms with Crippen LogP contribution in [0.3, 0.4) is 0 Å². The van der Waals surface area contributed by atoms with Crippen molar-refractivity contribution in [3.63, 3.8) is 0 Å². The summed E-state index contributed by atoms with van der Waals surface area (Å²) < 4.78 is 1.22. The van der Waals surface area contributed by atoms with Crippen molar-refractivity contribution in [1.82, 2.24) is 5.32 Å². The molecule has 3 heteroatoms. The molecule has 0 radical (unpaired) electrons. The van der Waals surface area contributed by atoms with E-state index in [1.165, 1.54) is 27.1 Å². The second-order valence-electron chi connectivity index (χ2n) is 4.63. The molecule has 1 rings (SSSR count). The van der Waals surface area contributed by atoms with Crippen LogP contribution < -0.4 is 5.32 Å². The summed E-state index contributed by atoms with van der Waals surface area (Å²) in [6.07, 6.45) is 1.22. The molecule has 0 unspecified atom stereocenters. The van der Waals surface area contributed by atoms with E-state index in [0.717, 1.165) is 13.1 Å². The van der Waals surface area contributed by atoms with Gasteiger partial charge in [-0.3, -0.25) is 0 Å². The van der Waals surface area contributed by atoms with Gasteiger partial charge in [-0.2, -0.15) is 0 Å². The standard InChI is InChI=1S/C14H22BrNS/c1-4-7-17-13-6-5-12(14(15)8-13)10-16-9-11(2)3/h5-6,8,11,16H,4,7,9-10H2,1-3H3. The lowest BCUT2D eigenvalue weighted by Crippen LogP contribution is -2.19. The summed E-state index contributed by atoms with van der Waals surface area (Å²) in [4.78, 5) is 1.35. The molecular formula is C14H22BrNS. The molecule has 0 amide bonds. The molecule has 0 aliphatic carbocycles. The van der Waals surface area contributed by atoms with Crippen molar-refractivity contribution < 1.29 is 0 Å². The molecular weight excluding hydrogens is 294 g/mol. The van der Waals surface area contributed by atoms with Crippen LogP contribution in [0.4, 0.5) is 0 Å². The van der Waals surface area contributed by atoms with E-state index >= 15 is 0 Å². The zero-order chi connectivity index (χ0) is 12.7. The number of rotatable bonds is 7. The van der Waals surface area contributed by atoms with Gasteiger partial charge >= 0.3 is 0 Å². The summed E-state index contributed by atoms with van der Waals surface area (Å²) >= 11 is 5.57. The number of hydrogen-bond acceptors (Lipinski definition) is 2.